The number of amides is 1. The van der Waals surface area contributed by atoms with Crippen molar-refractivity contribution < 1.29 is 9.18 Å². The van der Waals surface area contributed by atoms with Crippen LogP contribution in [0.2, 0.25) is 0 Å². The van der Waals surface area contributed by atoms with Gasteiger partial charge in [-0.05, 0) is 55.3 Å². The van der Waals surface area contributed by atoms with Crippen LogP contribution in [0.25, 0.3) is 0 Å². The molecule has 0 unspecified atom stereocenters. The molecular formula is C18H18BrFN2O. The molecule has 120 valence electrons. The number of nitrogens with one attached hydrogen (secondary N) is 1. The van der Waals surface area contributed by atoms with Crippen molar-refractivity contribution in [1.29, 1.82) is 0 Å². The number of carbonyl (C=O) groups is 1. The van der Waals surface area contributed by atoms with E-state index in [0.29, 0.717) is 24.7 Å². The largest absolute Gasteiger partial charge is 0.382 e. The van der Waals surface area contributed by atoms with Gasteiger partial charge in [-0.15, -0.1) is 0 Å². The highest BCUT2D eigenvalue weighted by Crippen LogP contribution is 2.20. The van der Waals surface area contributed by atoms with Crippen LogP contribution in [0.4, 0.5) is 10.1 Å². The first kappa shape index (κ1) is 16.0. The van der Waals surface area contributed by atoms with Gasteiger partial charge >= 0.3 is 0 Å². The molecule has 3 rings (SSSR count). The van der Waals surface area contributed by atoms with Gasteiger partial charge in [0.2, 0.25) is 0 Å². The Morgan fingerprint density at radius 1 is 1.13 bits per heavy atom. The zero-order chi connectivity index (χ0) is 16.2. The second kappa shape index (κ2) is 7.13. The molecule has 1 N–H and O–H groups in total. The Morgan fingerprint density at radius 2 is 1.83 bits per heavy atom. The number of hydrogen-bond acceptors (Lipinski definition) is 2. The molecule has 0 atom stereocenters. The molecule has 0 bridgehead atoms. The van der Waals surface area contributed by atoms with Gasteiger partial charge < -0.3 is 10.2 Å². The van der Waals surface area contributed by atoms with Crippen LogP contribution in [-0.4, -0.2) is 29.9 Å². The van der Waals surface area contributed by atoms with Crippen LogP contribution >= 0.6 is 15.9 Å². The second-order valence-corrected chi connectivity index (χ2v) is 6.64. The third kappa shape index (κ3) is 4.10. The molecule has 2 aromatic carbocycles. The lowest BCUT2D eigenvalue weighted by molar-refractivity contribution is 0.0718. The molecule has 0 saturated carbocycles. The van der Waals surface area contributed by atoms with Crippen molar-refractivity contribution in [3.8, 4) is 0 Å². The Balaban J connectivity index is 1.55. The molecule has 1 heterocycles. The number of nitrogens with zero attached hydrogens (tertiary/aromatic N) is 1. The summed E-state index contributed by atoms with van der Waals surface area (Å²) in [5.74, 6) is -0.464. The van der Waals surface area contributed by atoms with Gasteiger partial charge in [-0.2, -0.15) is 0 Å². The molecule has 0 aromatic heterocycles. The Morgan fingerprint density at radius 3 is 2.48 bits per heavy atom. The van der Waals surface area contributed by atoms with E-state index in [-0.39, 0.29) is 11.7 Å². The topological polar surface area (TPSA) is 32.3 Å². The number of rotatable bonds is 3. The number of likely N-dealkylation sites (tertiary alicyclic amines) is 1. The zero-order valence-electron chi connectivity index (χ0n) is 12.6. The second-order valence-electron chi connectivity index (χ2n) is 5.73. The fourth-order valence-electron chi connectivity index (χ4n) is 2.81. The summed E-state index contributed by atoms with van der Waals surface area (Å²) in [5.41, 5.74) is 1.51. The molecule has 2 aromatic rings. The van der Waals surface area contributed by atoms with E-state index >= 15 is 0 Å². The van der Waals surface area contributed by atoms with Crippen LogP contribution in [0.1, 0.15) is 23.2 Å². The number of halogens is 2. The van der Waals surface area contributed by atoms with Crippen molar-refractivity contribution >= 4 is 27.5 Å². The SMILES string of the molecule is O=C(c1cccc(F)c1)N1CCC(Nc2ccc(Br)cc2)CC1. The highest BCUT2D eigenvalue weighted by molar-refractivity contribution is 9.10. The molecule has 23 heavy (non-hydrogen) atoms. The molecule has 3 nitrogen and oxygen atoms in total. The first-order valence-electron chi connectivity index (χ1n) is 7.69. The highest BCUT2D eigenvalue weighted by Gasteiger charge is 2.23. The molecule has 0 spiro atoms. The number of anilines is 1. The van der Waals surface area contributed by atoms with E-state index in [1.807, 2.05) is 24.3 Å². The van der Waals surface area contributed by atoms with Crippen LogP contribution in [-0.2, 0) is 0 Å². The predicted molar refractivity (Wildman–Crippen MR) is 93.1 cm³/mol. The average Bonchev–Trinajstić information content (AvgIpc) is 2.57. The van der Waals surface area contributed by atoms with E-state index < -0.39 is 0 Å². The molecular weight excluding hydrogens is 359 g/mol. The first-order valence-corrected chi connectivity index (χ1v) is 8.48. The molecule has 0 aliphatic carbocycles. The Kier molecular flexibility index (Phi) is 4.96. The summed E-state index contributed by atoms with van der Waals surface area (Å²) in [6, 6.07) is 14.3. The number of hydrogen-bond donors (Lipinski definition) is 1. The maximum absolute atomic E-state index is 13.2. The molecule has 1 saturated heterocycles. The van der Waals surface area contributed by atoms with Crippen molar-refractivity contribution in [3.63, 3.8) is 0 Å². The van der Waals surface area contributed by atoms with E-state index in [0.717, 1.165) is 23.0 Å². The van der Waals surface area contributed by atoms with Gasteiger partial charge in [-0.1, -0.05) is 22.0 Å². The van der Waals surface area contributed by atoms with Gasteiger partial charge in [-0.25, -0.2) is 4.39 Å². The smallest absolute Gasteiger partial charge is 0.253 e. The van der Waals surface area contributed by atoms with Gasteiger partial charge in [0.15, 0.2) is 0 Å². The fourth-order valence-corrected chi connectivity index (χ4v) is 3.08. The van der Waals surface area contributed by atoms with Crippen LogP contribution in [0.5, 0.6) is 0 Å². The number of piperidine rings is 1. The van der Waals surface area contributed by atoms with Crippen LogP contribution < -0.4 is 5.32 Å². The summed E-state index contributed by atoms with van der Waals surface area (Å²) >= 11 is 3.42. The van der Waals surface area contributed by atoms with E-state index in [9.17, 15) is 9.18 Å². The van der Waals surface area contributed by atoms with Crippen molar-refractivity contribution in [3.05, 3.63) is 64.4 Å². The fraction of sp³-hybridized carbons (Fsp3) is 0.278. The van der Waals surface area contributed by atoms with Crippen molar-refractivity contribution in [2.75, 3.05) is 18.4 Å². The lowest BCUT2D eigenvalue weighted by Crippen LogP contribution is -2.42. The van der Waals surface area contributed by atoms with Gasteiger partial charge in [0.05, 0.1) is 0 Å². The van der Waals surface area contributed by atoms with E-state index in [2.05, 4.69) is 21.2 Å². The molecule has 1 aliphatic rings. The summed E-state index contributed by atoms with van der Waals surface area (Å²) in [5, 5.41) is 3.50. The monoisotopic (exact) mass is 376 g/mol. The van der Waals surface area contributed by atoms with Crippen LogP contribution in [0.3, 0.4) is 0 Å². The average molecular weight is 377 g/mol. The lowest BCUT2D eigenvalue weighted by atomic mass is 10.0. The normalized spacial score (nSPS) is 15.5. The minimum Gasteiger partial charge on any atom is -0.382 e. The third-order valence-corrected chi connectivity index (χ3v) is 4.60. The van der Waals surface area contributed by atoms with Gasteiger partial charge in [0.1, 0.15) is 5.82 Å². The molecule has 5 heteroatoms. The van der Waals surface area contributed by atoms with Crippen molar-refractivity contribution in [2.24, 2.45) is 0 Å². The van der Waals surface area contributed by atoms with Crippen LogP contribution in [0.15, 0.2) is 53.0 Å². The maximum atomic E-state index is 13.2. The predicted octanol–water partition coefficient (Wildman–Crippen LogP) is 4.30. The number of benzene rings is 2. The summed E-state index contributed by atoms with van der Waals surface area (Å²) in [4.78, 5) is 14.2. The van der Waals surface area contributed by atoms with E-state index in [1.165, 1.54) is 12.1 Å². The summed E-state index contributed by atoms with van der Waals surface area (Å²) in [7, 11) is 0. The lowest BCUT2D eigenvalue weighted by Gasteiger charge is -2.33. The third-order valence-electron chi connectivity index (χ3n) is 4.07. The minimum absolute atomic E-state index is 0.0911. The summed E-state index contributed by atoms with van der Waals surface area (Å²) in [6.07, 6.45) is 1.77. The standard InChI is InChI=1S/C18H18BrFN2O/c19-14-4-6-16(7-5-14)21-17-8-10-22(11-9-17)18(23)13-2-1-3-15(20)12-13/h1-7,12,17,21H,8-11H2. The first-order chi connectivity index (χ1) is 11.1. The highest BCUT2D eigenvalue weighted by atomic mass is 79.9. The minimum atomic E-state index is -0.373. The van der Waals surface area contributed by atoms with E-state index in [4.69, 9.17) is 0 Å². The molecule has 1 amide bonds. The van der Waals surface area contributed by atoms with Gasteiger partial charge in [0.25, 0.3) is 5.91 Å². The van der Waals surface area contributed by atoms with Crippen molar-refractivity contribution in [1.82, 2.24) is 4.90 Å². The number of carbonyl (C=O) groups excluding carboxylic acids is 1. The van der Waals surface area contributed by atoms with Gasteiger partial charge in [0, 0.05) is 34.9 Å². The molecule has 1 fully saturated rings. The summed E-state index contributed by atoms with van der Waals surface area (Å²) < 4.78 is 14.3. The van der Waals surface area contributed by atoms with E-state index in [1.54, 1.807) is 17.0 Å². The van der Waals surface area contributed by atoms with Crippen LogP contribution in [0, 0.1) is 5.82 Å². The summed E-state index contributed by atoms with van der Waals surface area (Å²) in [6.45, 7) is 1.37. The maximum Gasteiger partial charge on any atom is 0.253 e. The van der Waals surface area contributed by atoms with Gasteiger partial charge in [-0.3, -0.25) is 4.79 Å². The zero-order valence-corrected chi connectivity index (χ0v) is 14.2. The Labute approximate surface area is 143 Å². The Hall–Kier alpha value is -1.88. The molecule has 1 aliphatic heterocycles. The Bertz CT molecular complexity index is 682. The molecule has 0 radical (unpaired) electrons. The quantitative estimate of drug-likeness (QED) is 0.865. The van der Waals surface area contributed by atoms with Crippen molar-refractivity contribution in [2.45, 2.75) is 18.9 Å².